The Hall–Kier alpha value is -2.74. The highest BCUT2D eigenvalue weighted by molar-refractivity contribution is 7.12. The molecule has 2 aliphatic rings. The molecule has 1 fully saturated rings. The van der Waals surface area contributed by atoms with E-state index in [1.165, 1.54) is 16.2 Å². The lowest BCUT2D eigenvalue weighted by Crippen LogP contribution is -2.49. The predicted molar refractivity (Wildman–Crippen MR) is 100 cm³/mol. The number of nitrogens with zero attached hydrogens (tertiary/aromatic N) is 3. The fraction of sp³-hybridized carbons (Fsp3) is 0.368. The number of Topliss-reactive ketones (excluding diaryl/α,β-unsaturated/α-hetero) is 1. The maximum Gasteiger partial charge on any atom is 0.266 e. The standard InChI is InChI=1S/C19H19N3O4S/c23-16(11-22-17(24)12-26-14-5-1-7-20-19(14)22)21-8-2-4-13(10-21)18(25)15-6-3-9-27-15/h1,3,5-7,9,13H,2,4,8,10-12H2/t13-/m1/s1. The molecule has 140 valence electrons. The average Bonchev–Trinajstić information content (AvgIpc) is 3.24. The second kappa shape index (κ2) is 7.48. The fourth-order valence-electron chi connectivity index (χ4n) is 3.47. The number of thiophene rings is 1. The number of ketones is 1. The highest BCUT2D eigenvalue weighted by atomic mass is 32.1. The van der Waals surface area contributed by atoms with Crippen LogP contribution in [0, 0.1) is 5.92 Å². The second-order valence-electron chi connectivity index (χ2n) is 6.61. The van der Waals surface area contributed by atoms with Gasteiger partial charge in [-0.15, -0.1) is 11.3 Å². The van der Waals surface area contributed by atoms with Crippen molar-refractivity contribution in [2.24, 2.45) is 5.92 Å². The van der Waals surface area contributed by atoms with Gasteiger partial charge in [0.25, 0.3) is 5.91 Å². The number of piperidine rings is 1. The molecule has 4 heterocycles. The summed E-state index contributed by atoms with van der Waals surface area (Å²) in [7, 11) is 0. The van der Waals surface area contributed by atoms with E-state index in [-0.39, 0.29) is 36.7 Å². The molecule has 2 aliphatic heterocycles. The molecule has 1 atom stereocenters. The Morgan fingerprint density at radius 2 is 2.19 bits per heavy atom. The molecule has 2 aromatic rings. The molecule has 0 aromatic carbocycles. The molecule has 8 heteroatoms. The van der Waals surface area contributed by atoms with Crippen molar-refractivity contribution in [1.29, 1.82) is 0 Å². The van der Waals surface area contributed by atoms with Gasteiger partial charge in [0, 0.05) is 25.2 Å². The van der Waals surface area contributed by atoms with Crippen LogP contribution in [0.4, 0.5) is 5.82 Å². The summed E-state index contributed by atoms with van der Waals surface area (Å²) in [6.45, 7) is 0.793. The van der Waals surface area contributed by atoms with Crippen LogP contribution in [0.25, 0.3) is 0 Å². The Morgan fingerprint density at radius 1 is 1.30 bits per heavy atom. The fourth-order valence-corrected chi connectivity index (χ4v) is 4.21. The molecule has 2 aromatic heterocycles. The minimum Gasteiger partial charge on any atom is -0.480 e. The van der Waals surface area contributed by atoms with Crippen LogP contribution in [0.3, 0.4) is 0 Å². The van der Waals surface area contributed by atoms with E-state index in [1.807, 2.05) is 17.5 Å². The van der Waals surface area contributed by atoms with Gasteiger partial charge in [-0.25, -0.2) is 4.98 Å². The number of pyridine rings is 1. The van der Waals surface area contributed by atoms with Crippen molar-refractivity contribution in [3.63, 3.8) is 0 Å². The lowest BCUT2D eigenvalue weighted by molar-refractivity contribution is -0.133. The van der Waals surface area contributed by atoms with E-state index in [0.717, 1.165) is 17.7 Å². The van der Waals surface area contributed by atoms with Gasteiger partial charge in [0.1, 0.15) is 6.54 Å². The van der Waals surface area contributed by atoms with Crippen LogP contribution in [-0.2, 0) is 9.59 Å². The van der Waals surface area contributed by atoms with Crippen LogP contribution in [0.2, 0.25) is 0 Å². The molecule has 2 amide bonds. The molecule has 0 bridgehead atoms. The topological polar surface area (TPSA) is 79.8 Å². The number of likely N-dealkylation sites (tertiary alicyclic amines) is 1. The monoisotopic (exact) mass is 385 g/mol. The SMILES string of the molecule is O=C(c1cccs1)[C@@H]1CCCN(C(=O)CN2C(=O)COc3cccnc32)C1. The lowest BCUT2D eigenvalue weighted by atomic mass is 9.93. The van der Waals surface area contributed by atoms with Crippen molar-refractivity contribution < 1.29 is 19.1 Å². The van der Waals surface area contributed by atoms with E-state index in [2.05, 4.69) is 4.98 Å². The Kier molecular flexibility index (Phi) is 4.89. The van der Waals surface area contributed by atoms with E-state index in [1.54, 1.807) is 23.2 Å². The Bertz CT molecular complexity index is 868. The molecule has 4 rings (SSSR count). The first kappa shape index (κ1) is 17.7. The summed E-state index contributed by atoms with van der Waals surface area (Å²) in [5.41, 5.74) is 0. The minimum absolute atomic E-state index is 0.0912. The zero-order valence-electron chi connectivity index (χ0n) is 14.7. The number of fused-ring (bicyclic) bond motifs is 1. The number of hydrogen-bond donors (Lipinski definition) is 0. The first-order valence-corrected chi connectivity index (χ1v) is 9.75. The molecule has 7 nitrogen and oxygen atoms in total. The zero-order chi connectivity index (χ0) is 18.8. The molecule has 1 saturated heterocycles. The van der Waals surface area contributed by atoms with Crippen LogP contribution in [0.1, 0.15) is 22.5 Å². The summed E-state index contributed by atoms with van der Waals surface area (Å²) >= 11 is 1.43. The van der Waals surface area contributed by atoms with Crippen molar-refractivity contribution in [2.45, 2.75) is 12.8 Å². The third-order valence-electron chi connectivity index (χ3n) is 4.86. The van der Waals surface area contributed by atoms with Crippen molar-refractivity contribution >= 4 is 34.8 Å². The first-order valence-electron chi connectivity index (χ1n) is 8.87. The third-order valence-corrected chi connectivity index (χ3v) is 5.75. The Morgan fingerprint density at radius 3 is 3.00 bits per heavy atom. The lowest BCUT2D eigenvalue weighted by Gasteiger charge is -2.34. The molecule has 0 unspecified atom stereocenters. The zero-order valence-corrected chi connectivity index (χ0v) is 15.5. The van der Waals surface area contributed by atoms with Gasteiger partial charge in [-0.1, -0.05) is 6.07 Å². The van der Waals surface area contributed by atoms with E-state index >= 15 is 0 Å². The number of amides is 2. The third kappa shape index (κ3) is 3.57. The average molecular weight is 385 g/mol. The Labute approximate surface area is 160 Å². The van der Waals surface area contributed by atoms with Crippen LogP contribution in [0.15, 0.2) is 35.8 Å². The highest BCUT2D eigenvalue weighted by Crippen LogP contribution is 2.29. The van der Waals surface area contributed by atoms with E-state index < -0.39 is 0 Å². The van der Waals surface area contributed by atoms with Gasteiger partial charge in [0.05, 0.1) is 4.88 Å². The first-order chi connectivity index (χ1) is 13.1. The summed E-state index contributed by atoms with van der Waals surface area (Å²) < 4.78 is 5.36. The number of aromatic nitrogens is 1. The summed E-state index contributed by atoms with van der Waals surface area (Å²) in [4.78, 5) is 45.7. The van der Waals surface area contributed by atoms with Crippen LogP contribution >= 0.6 is 11.3 Å². The summed E-state index contributed by atoms with van der Waals surface area (Å²) in [6.07, 6.45) is 3.12. The number of ether oxygens (including phenoxy) is 1. The van der Waals surface area contributed by atoms with Gasteiger partial charge in [0.15, 0.2) is 24.0 Å². The van der Waals surface area contributed by atoms with Gasteiger partial charge in [-0.2, -0.15) is 0 Å². The van der Waals surface area contributed by atoms with E-state index in [9.17, 15) is 14.4 Å². The number of rotatable bonds is 4. The quantitative estimate of drug-likeness (QED) is 0.752. The maximum absolute atomic E-state index is 12.8. The molecule has 0 aliphatic carbocycles. The van der Waals surface area contributed by atoms with Crippen LogP contribution < -0.4 is 9.64 Å². The summed E-state index contributed by atoms with van der Waals surface area (Å²) in [5.74, 6) is 0.298. The van der Waals surface area contributed by atoms with Crippen molar-refractivity contribution in [2.75, 3.05) is 31.1 Å². The largest absolute Gasteiger partial charge is 0.480 e. The highest BCUT2D eigenvalue weighted by Gasteiger charge is 2.33. The molecular formula is C19H19N3O4S. The number of carbonyl (C=O) groups is 3. The second-order valence-corrected chi connectivity index (χ2v) is 7.56. The van der Waals surface area contributed by atoms with E-state index in [4.69, 9.17) is 4.74 Å². The van der Waals surface area contributed by atoms with Gasteiger partial charge in [-0.3, -0.25) is 19.3 Å². The van der Waals surface area contributed by atoms with Crippen LogP contribution in [0.5, 0.6) is 5.75 Å². The normalized spacial score (nSPS) is 19.4. The molecular weight excluding hydrogens is 366 g/mol. The van der Waals surface area contributed by atoms with Crippen molar-refractivity contribution in [1.82, 2.24) is 9.88 Å². The molecule has 0 spiro atoms. The molecule has 0 N–H and O–H groups in total. The summed E-state index contributed by atoms with van der Waals surface area (Å²) in [6, 6.07) is 7.13. The Balaban J connectivity index is 1.45. The summed E-state index contributed by atoms with van der Waals surface area (Å²) in [5, 5.41) is 1.88. The maximum atomic E-state index is 12.8. The van der Waals surface area contributed by atoms with Crippen LogP contribution in [-0.4, -0.2) is 53.7 Å². The van der Waals surface area contributed by atoms with Gasteiger partial charge >= 0.3 is 0 Å². The molecule has 27 heavy (non-hydrogen) atoms. The minimum atomic E-state index is -0.294. The smallest absolute Gasteiger partial charge is 0.266 e. The molecule has 0 radical (unpaired) electrons. The predicted octanol–water partition coefficient (Wildman–Crippen LogP) is 1.99. The molecule has 0 saturated carbocycles. The number of hydrogen-bond acceptors (Lipinski definition) is 6. The van der Waals surface area contributed by atoms with Gasteiger partial charge < -0.3 is 9.64 Å². The van der Waals surface area contributed by atoms with Crippen molar-refractivity contribution in [3.05, 3.63) is 40.7 Å². The van der Waals surface area contributed by atoms with Gasteiger partial charge in [-0.05, 0) is 36.4 Å². The van der Waals surface area contributed by atoms with Crippen molar-refractivity contribution in [3.8, 4) is 5.75 Å². The van der Waals surface area contributed by atoms with E-state index in [0.29, 0.717) is 24.7 Å². The number of anilines is 1. The van der Waals surface area contributed by atoms with Gasteiger partial charge in [0.2, 0.25) is 5.91 Å². The number of carbonyl (C=O) groups excluding carboxylic acids is 3.